The van der Waals surface area contributed by atoms with E-state index in [-0.39, 0.29) is 17.6 Å². The van der Waals surface area contributed by atoms with Crippen molar-refractivity contribution in [2.24, 2.45) is 0 Å². The Bertz CT molecular complexity index is 754. The van der Waals surface area contributed by atoms with Gasteiger partial charge >= 0.3 is 0 Å². The Morgan fingerprint density at radius 3 is 2.88 bits per heavy atom. The summed E-state index contributed by atoms with van der Waals surface area (Å²) in [4.78, 5) is 19.8. The Hall–Kier alpha value is -1.92. The van der Waals surface area contributed by atoms with Crippen molar-refractivity contribution >= 4 is 17.2 Å². The lowest BCUT2D eigenvalue weighted by molar-refractivity contribution is -0.135. The highest BCUT2D eigenvalue weighted by Gasteiger charge is 2.42. The van der Waals surface area contributed by atoms with E-state index in [1.165, 1.54) is 11.3 Å². The zero-order chi connectivity index (χ0) is 18.0. The van der Waals surface area contributed by atoms with E-state index in [1.807, 2.05) is 47.5 Å². The first-order valence-corrected chi connectivity index (χ1v) is 10.1. The van der Waals surface area contributed by atoms with Crippen molar-refractivity contribution in [1.82, 2.24) is 9.88 Å². The molecule has 1 atom stereocenters. The lowest BCUT2D eigenvalue weighted by Crippen LogP contribution is -2.52. The molecule has 2 aliphatic heterocycles. The van der Waals surface area contributed by atoms with E-state index in [9.17, 15) is 4.79 Å². The first-order chi connectivity index (χ1) is 12.6. The van der Waals surface area contributed by atoms with Crippen molar-refractivity contribution in [2.45, 2.75) is 44.3 Å². The number of aryl methyl sites for hydroxylation is 1. The van der Waals surface area contributed by atoms with E-state index in [0.717, 1.165) is 49.3 Å². The maximum Gasteiger partial charge on any atom is 0.263 e. The first kappa shape index (κ1) is 17.5. The quantitative estimate of drug-likeness (QED) is 0.825. The van der Waals surface area contributed by atoms with Gasteiger partial charge in [0.25, 0.3) is 5.91 Å². The zero-order valence-electron chi connectivity index (χ0n) is 15.0. The molecule has 0 aromatic carbocycles. The van der Waals surface area contributed by atoms with E-state index in [2.05, 4.69) is 4.98 Å². The minimum atomic E-state index is -0.168. The Morgan fingerprint density at radius 2 is 2.15 bits per heavy atom. The molecule has 0 N–H and O–H groups in total. The largest absolute Gasteiger partial charge is 0.474 e. The summed E-state index contributed by atoms with van der Waals surface area (Å²) < 4.78 is 12.3. The van der Waals surface area contributed by atoms with Gasteiger partial charge in [0.15, 0.2) is 0 Å². The van der Waals surface area contributed by atoms with Crippen LogP contribution < -0.4 is 4.74 Å². The molecule has 1 unspecified atom stereocenters. The summed E-state index contributed by atoms with van der Waals surface area (Å²) in [5.41, 5.74) is 0.795. The number of nitrogens with zero attached hydrogens (tertiary/aromatic N) is 2. The van der Waals surface area contributed by atoms with Gasteiger partial charge in [-0.1, -0.05) is 12.1 Å². The van der Waals surface area contributed by atoms with E-state index >= 15 is 0 Å². The predicted octanol–water partition coefficient (Wildman–Crippen LogP) is 3.68. The second-order valence-corrected chi connectivity index (χ2v) is 8.10. The molecule has 5 nitrogen and oxygen atoms in total. The number of aromatic nitrogens is 1. The van der Waals surface area contributed by atoms with Gasteiger partial charge in [-0.15, -0.1) is 11.3 Å². The van der Waals surface area contributed by atoms with E-state index in [0.29, 0.717) is 12.5 Å². The minimum Gasteiger partial charge on any atom is -0.474 e. The van der Waals surface area contributed by atoms with E-state index in [1.54, 1.807) is 0 Å². The fourth-order valence-electron chi connectivity index (χ4n) is 3.86. The number of likely N-dealkylation sites (tertiary alicyclic amines) is 1. The highest BCUT2D eigenvalue weighted by atomic mass is 32.1. The molecular formula is C20H24N2O3S. The third-order valence-corrected chi connectivity index (χ3v) is 6.15. The van der Waals surface area contributed by atoms with Crippen molar-refractivity contribution in [3.05, 3.63) is 46.3 Å². The molecule has 138 valence electrons. The highest BCUT2D eigenvalue weighted by molar-refractivity contribution is 7.12. The summed E-state index contributed by atoms with van der Waals surface area (Å²) in [5.74, 6) is 0.833. The molecule has 0 bridgehead atoms. The molecule has 4 heterocycles. The Balaban J connectivity index is 1.36. The van der Waals surface area contributed by atoms with Crippen LogP contribution in [0.3, 0.4) is 0 Å². The van der Waals surface area contributed by atoms with Gasteiger partial charge in [0.1, 0.15) is 6.10 Å². The zero-order valence-corrected chi connectivity index (χ0v) is 15.8. The molecule has 2 fully saturated rings. The maximum absolute atomic E-state index is 12.5. The second-order valence-electron chi connectivity index (χ2n) is 7.15. The summed E-state index contributed by atoms with van der Waals surface area (Å²) in [6, 6.07) is 9.68. The number of hydrogen-bond donors (Lipinski definition) is 0. The molecule has 26 heavy (non-hydrogen) atoms. The number of carbonyl (C=O) groups excluding carboxylic acids is 1. The Kier molecular flexibility index (Phi) is 4.96. The molecule has 4 rings (SSSR count). The smallest absolute Gasteiger partial charge is 0.263 e. The SMILES string of the molecule is Cc1cccc(OC2CCOC3(CCN(C(=O)c4cccs4)CC3)C2)n1. The molecule has 1 spiro atoms. The van der Waals surface area contributed by atoms with Crippen LogP contribution in [0.1, 0.15) is 41.0 Å². The number of ether oxygens (including phenoxy) is 2. The fourth-order valence-corrected chi connectivity index (χ4v) is 4.55. The van der Waals surface area contributed by atoms with Crippen molar-refractivity contribution in [3.63, 3.8) is 0 Å². The van der Waals surface area contributed by atoms with Gasteiger partial charge in [-0.2, -0.15) is 0 Å². The first-order valence-electron chi connectivity index (χ1n) is 9.21. The van der Waals surface area contributed by atoms with Crippen molar-refractivity contribution in [1.29, 1.82) is 0 Å². The molecule has 2 aromatic rings. The topological polar surface area (TPSA) is 51.7 Å². The highest BCUT2D eigenvalue weighted by Crippen LogP contribution is 2.36. The predicted molar refractivity (Wildman–Crippen MR) is 101 cm³/mol. The minimum absolute atomic E-state index is 0.123. The molecule has 0 aliphatic carbocycles. The van der Waals surface area contributed by atoms with E-state index < -0.39 is 0 Å². The number of pyridine rings is 1. The van der Waals surface area contributed by atoms with Crippen LogP contribution in [-0.4, -0.2) is 47.2 Å². The lowest BCUT2D eigenvalue weighted by atomic mass is 9.83. The molecule has 6 heteroatoms. The molecule has 2 saturated heterocycles. The van der Waals surface area contributed by atoms with Gasteiger partial charge in [0.05, 0.1) is 17.1 Å². The molecule has 2 aliphatic rings. The summed E-state index contributed by atoms with van der Waals surface area (Å²) in [7, 11) is 0. The van der Waals surface area contributed by atoms with Gasteiger partial charge in [-0.3, -0.25) is 4.79 Å². The number of amides is 1. The van der Waals surface area contributed by atoms with Crippen LogP contribution in [0.15, 0.2) is 35.7 Å². The standard InChI is InChI=1S/C20H24N2O3S/c1-15-4-2-6-18(21-15)25-16-7-12-24-20(14-16)8-10-22(11-9-20)19(23)17-5-3-13-26-17/h2-6,13,16H,7-12,14H2,1H3. The van der Waals surface area contributed by atoms with Crippen LogP contribution in [0, 0.1) is 6.92 Å². The van der Waals surface area contributed by atoms with Crippen LogP contribution in [0.2, 0.25) is 0 Å². The second kappa shape index (κ2) is 7.37. The average Bonchev–Trinajstić information content (AvgIpc) is 3.17. The normalized spacial score (nSPS) is 22.3. The third kappa shape index (κ3) is 3.76. The monoisotopic (exact) mass is 372 g/mol. The summed E-state index contributed by atoms with van der Waals surface area (Å²) in [5, 5.41) is 1.95. The van der Waals surface area contributed by atoms with Gasteiger partial charge in [0.2, 0.25) is 5.88 Å². The molecule has 0 saturated carbocycles. The van der Waals surface area contributed by atoms with Crippen molar-refractivity contribution in [2.75, 3.05) is 19.7 Å². The van der Waals surface area contributed by atoms with Crippen LogP contribution in [0.5, 0.6) is 5.88 Å². The number of piperidine rings is 1. The number of carbonyl (C=O) groups is 1. The number of hydrogen-bond acceptors (Lipinski definition) is 5. The summed E-state index contributed by atoms with van der Waals surface area (Å²) >= 11 is 1.51. The van der Waals surface area contributed by atoms with E-state index in [4.69, 9.17) is 9.47 Å². The lowest BCUT2D eigenvalue weighted by Gasteiger charge is -2.45. The van der Waals surface area contributed by atoms with Crippen LogP contribution in [0.4, 0.5) is 0 Å². The Morgan fingerprint density at radius 1 is 1.31 bits per heavy atom. The fraction of sp³-hybridized carbons (Fsp3) is 0.500. The van der Waals surface area contributed by atoms with Crippen molar-refractivity contribution in [3.8, 4) is 5.88 Å². The Labute approximate surface area is 157 Å². The van der Waals surface area contributed by atoms with Crippen LogP contribution in [0.25, 0.3) is 0 Å². The van der Waals surface area contributed by atoms with Crippen molar-refractivity contribution < 1.29 is 14.3 Å². The number of rotatable bonds is 3. The summed E-state index contributed by atoms with van der Waals surface area (Å²) in [6.45, 7) is 4.16. The maximum atomic E-state index is 12.5. The van der Waals surface area contributed by atoms with Gasteiger partial charge in [-0.05, 0) is 37.3 Å². The van der Waals surface area contributed by atoms with Crippen LogP contribution >= 0.6 is 11.3 Å². The molecular weight excluding hydrogens is 348 g/mol. The third-order valence-electron chi connectivity index (χ3n) is 5.29. The molecule has 0 radical (unpaired) electrons. The molecule has 1 amide bonds. The van der Waals surface area contributed by atoms with Gasteiger partial charge in [0, 0.05) is 37.7 Å². The van der Waals surface area contributed by atoms with Gasteiger partial charge < -0.3 is 14.4 Å². The molecule has 2 aromatic heterocycles. The average molecular weight is 372 g/mol. The summed E-state index contributed by atoms with van der Waals surface area (Å²) in [6.07, 6.45) is 3.60. The van der Waals surface area contributed by atoms with Crippen LogP contribution in [-0.2, 0) is 4.74 Å². The van der Waals surface area contributed by atoms with Gasteiger partial charge in [-0.25, -0.2) is 4.98 Å². The number of thiophene rings is 1.